The Kier molecular flexibility index (Phi) is 4.06. The Morgan fingerprint density at radius 2 is 2.18 bits per heavy atom. The van der Waals surface area contributed by atoms with Crippen LogP contribution in [0.2, 0.25) is 0 Å². The lowest BCUT2D eigenvalue weighted by atomic mass is 9.85. The summed E-state index contributed by atoms with van der Waals surface area (Å²) in [6, 6.07) is 0.506. The Hall–Kier alpha value is -0.590. The molecule has 0 radical (unpaired) electrons. The van der Waals surface area contributed by atoms with Gasteiger partial charge in [0, 0.05) is 13.1 Å². The van der Waals surface area contributed by atoms with Crippen molar-refractivity contribution in [3.63, 3.8) is 0 Å². The molecule has 1 saturated carbocycles. The van der Waals surface area contributed by atoms with Gasteiger partial charge in [-0.05, 0) is 41.4 Å². The molecule has 1 aliphatic rings. The molecular weight excluding hydrogens is 329 g/mol. The van der Waals surface area contributed by atoms with Gasteiger partial charge >= 0.3 is 0 Å². The Morgan fingerprint density at radius 1 is 1.47 bits per heavy atom. The number of rotatable bonds is 2. The summed E-state index contributed by atoms with van der Waals surface area (Å²) in [6.07, 6.45) is 6.56. The summed E-state index contributed by atoms with van der Waals surface area (Å²) in [7, 11) is 2.05. The van der Waals surface area contributed by atoms with Gasteiger partial charge in [-0.15, -0.1) is 0 Å². The van der Waals surface area contributed by atoms with Crippen LogP contribution in [0, 0.1) is 9.49 Å². The first-order valence-corrected chi connectivity index (χ1v) is 7.15. The van der Waals surface area contributed by atoms with E-state index in [1.54, 1.807) is 0 Å². The molecule has 0 aliphatic heterocycles. The second-order valence-corrected chi connectivity index (χ2v) is 5.89. The summed E-state index contributed by atoms with van der Waals surface area (Å²) >= 11 is 2.08. The van der Waals surface area contributed by atoms with Gasteiger partial charge in [-0.2, -0.15) is 0 Å². The fourth-order valence-corrected chi connectivity index (χ4v) is 3.32. The van der Waals surface area contributed by atoms with Crippen LogP contribution < -0.4 is 10.5 Å². The smallest absolute Gasteiger partial charge is 0.266 e. The first-order valence-electron chi connectivity index (χ1n) is 6.07. The van der Waals surface area contributed by atoms with E-state index in [0.717, 1.165) is 5.82 Å². The van der Waals surface area contributed by atoms with Crippen molar-refractivity contribution in [2.24, 2.45) is 5.92 Å². The first-order chi connectivity index (χ1) is 8.11. The molecule has 0 bridgehead atoms. The van der Waals surface area contributed by atoms with E-state index in [2.05, 4.69) is 51.4 Å². The van der Waals surface area contributed by atoms with Crippen molar-refractivity contribution in [2.75, 3.05) is 11.9 Å². The molecule has 1 aromatic rings. The maximum absolute atomic E-state index is 11.6. The number of nitrogens with one attached hydrogen (secondary N) is 1. The van der Waals surface area contributed by atoms with Crippen LogP contribution in [0.25, 0.3) is 0 Å². The third kappa shape index (κ3) is 2.64. The van der Waals surface area contributed by atoms with Crippen molar-refractivity contribution in [3.05, 3.63) is 20.3 Å². The predicted octanol–water partition coefficient (Wildman–Crippen LogP) is 2.39. The standard InChI is InChI=1S/C12H18IN3O/c1-8-5-3-4-6-9(8)16(2)11-10(13)12(17)15-7-14-11/h7-9H,3-6H2,1-2H3,(H,14,15,17). The molecule has 1 aromatic heterocycles. The molecule has 2 unspecified atom stereocenters. The number of aromatic nitrogens is 2. The van der Waals surface area contributed by atoms with E-state index >= 15 is 0 Å². The molecule has 0 saturated heterocycles. The van der Waals surface area contributed by atoms with Gasteiger partial charge in [-0.25, -0.2) is 4.98 Å². The molecule has 17 heavy (non-hydrogen) atoms. The van der Waals surface area contributed by atoms with E-state index in [4.69, 9.17) is 0 Å². The van der Waals surface area contributed by atoms with Crippen molar-refractivity contribution in [1.82, 2.24) is 9.97 Å². The van der Waals surface area contributed by atoms with E-state index in [0.29, 0.717) is 15.5 Å². The van der Waals surface area contributed by atoms with Crippen LogP contribution in [0.3, 0.4) is 0 Å². The molecule has 2 atom stereocenters. The van der Waals surface area contributed by atoms with Crippen molar-refractivity contribution in [3.8, 4) is 0 Å². The van der Waals surface area contributed by atoms with Gasteiger partial charge < -0.3 is 9.88 Å². The summed E-state index contributed by atoms with van der Waals surface area (Å²) < 4.78 is 0.686. The van der Waals surface area contributed by atoms with Crippen molar-refractivity contribution in [2.45, 2.75) is 38.6 Å². The van der Waals surface area contributed by atoms with E-state index in [1.165, 1.54) is 32.0 Å². The minimum Gasteiger partial charge on any atom is -0.355 e. The van der Waals surface area contributed by atoms with E-state index in [1.807, 2.05) is 0 Å². The Labute approximate surface area is 115 Å². The van der Waals surface area contributed by atoms with Gasteiger partial charge in [0.2, 0.25) is 0 Å². The minimum atomic E-state index is -0.0501. The molecular formula is C12H18IN3O. The molecule has 0 aromatic carbocycles. The second kappa shape index (κ2) is 5.37. The van der Waals surface area contributed by atoms with Gasteiger partial charge in [-0.1, -0.05) is 19.8 Å². The number of nitrogens with zero attached hydrogens (tertiary/aromatic N) is 2. The minimum absolute atomic E-state index is 0.0501. The van der Waals surface area contributed by atoms with Gasteiger partial charge in [0.15, 0.2) is 0 Å². The highest BCUT2D eigenvalue weighted by atomic mass is 127. The summed E-state index contributed by atoms with van der Waals surface area (Å²) in [5, 5.41) is 0. The monoisotopic (exact) mass is 347 g/mol. The molecule has 1 N–H and O–H groups in total. The Morgan fingerprint density at radius 3 is 2.88 bits per heavy atom. The fourth-order valence-electron chi connectivity index (χ4n) is 2.65. The number of halogens is 1. The molecule has 4 nitrogen and oxygen atoms in total. The molecule has 1 heterocycles. The fraction of sp³-hybridized carbons (Fsp3) is 0.667. The zero-order valence-electron chi connectivity index (χ0n) is 10.2. The number of aromatic amines is 1. The first kappa shape index (κ1) is 12.9. The van der Waals surface area contributed by atoms with Gasteiger partial charge in [0.05, 0.1) is 6.33 Å². The maximum atomic E-state index is 11.6. The number of hydrogen-bond acceptors (Lipinski definition) is 3. The van der Waals surface area contributed by atoms with Crippen LogP contribution in [0.4, 0.5) is 5.82 Å². The zero-order valence-corrected chi connectivity index (χ0v) is 12.4. The highest BCUT2D eigenvalue weighted by molar-refractivity contribution is 14.1. The quantitative estimate of drug-likeness (QED) is 0.836. The van der Waals surface area contributed by atoms with Crippen LogP contribution in [0.5, 0.6) is 0 Å². The lowest BCUT2D eigenvalue weighted by Crippen LogP contribution is -2.40. The maximum Gasteiger partial charge on any atom is 0.266 e. The van der Waals surface area contributed by atoms with Crippen molar-refractivity contribution < 1.29 is 0 Å². The Bertz CT molecular complexity index is 446. The van der Waals surface area contributed by atoms with E-state index < -0.39 is 0 Å². The number of H-pyrrole nitrogens is 1. The van der Waals surface area contributed by atoms with Gasteiger partial charge in [-0.3, -0.25) is 4.79 Å². The lowest BCUT2D eigenvalue weighted by Gasteiger charge is -2.37. The predicted molar refractivity (Wildman–Crippen MR) is 77.4 cm³/mol. The van der Waals surface area contributed by atoms with E-state index in [-0.39, 0.29) is 5.56 Å². The molecule has 0 spiro atoms. The highest BCUT2D eigenvalue weighted by Gasteiger charge is 2.27. The highest BCUT2D eigenvalue weighted by Crippen LogP contribution is 2.30. The van der Waals surface area contributed by atoms with Crippen LogP contribution in [-0.4, -0.2) is 23.1 Å². The summed E-state index contributed by atoms with van der Waals surface area (Å²) in [4.78, 5) is 20.7. The van der Waals surface area contributed by atoms with Gasteiger partial charge in [0.25, 0.3) is 5.56 Å². The van der Waals surface area contributed by atoms with E-state index in [9.17, 15) is 4.79 Å². The second-order valence-electron chi connectivity index (χ2n) is 4.81. The van der Waals surface area contributed by atoms with Gasteiger partial charge in [0.1, 0.15) is 9.39 Å². The molecule has 5 heteroatoms. The molecule has 1 aliphatic carbocycles. The third-order valence-electron chi connectivity index (χ3n) is 3.68. The normalized spacial score (nSPS) is 24.6. The third-order valence-corrected chi connectivity index (χ3v) is 4.65. The van der Waals surface area contributed by atoms with Crippen LogP contribution in [-0.2, 0) is 0 Å². The van der Waals surface area contributed by atoms with Crippen LogP contribution in [0.15, 0.2) is 11.1 Å². The van der Waals surface area contributed by atoms with Crippen LogP contribution >= 0.6 is 22.6 Å². The lowest BCUT2D eigenvalue weighted by molar-refractivity contribution is 0.320. The summed E-state index contributed by atoms with van der Waals surface area (Å²) in [5.41, 5.74) is -0.0501. The molecule has 0 amide bonds. The van der Waals surface area contributed by atoms with Crippen LogP contribution in [0.1, 0.15) is 32.6 Å². The zero-order chi connectivity index (χ0) is 12.4. The number of anilines is 1. The van der Waals surface area contributed by atoms with Crippen molar-refractivity contribution in [1.29, 1.82) is 0 Å². The SMILES string of the molecule is CC1CCCCC1N(C)c1nc[nH]c(=O)c1I. The number of hydrogen-bond donors (Lipinski definition) is 1. The summed E-state index contributed by atoms with van der Waals surface area (Å²) in [6.45, 7) is 2.29. The summed E-state index contributed by atoms with van der Waals surface area (Å²) in [5.74, 6) is 1.48. The average molecular weight is 347 g/mol. The largest absolute Gasteiger partial charge is 0.355 e. The molecule has 2 rings (SSSR count). The van der Waals surface area contributed by atoms with Crippen molar-refractivity contribution >= 4 is 28.4 Å². The molecule has 1 fully saturated rings. The topological polar surface area (TPSA) is 49.0 Å². The average Bonchev–Trinajstić information content (AvgIpc) is 2.32. The Balaban J connectivity index is 2.26. The molecule has 94 valence electrons.